The summed E-state index contributed by atoms with van der Waals surface area (Å²) in [5.41, 5.74) is 3.15. The van der Waals surface area contributed by atoms with Gasteiger partial charge < -0.3 is 19.4 Å². The number of benzene rings is 2. The minimum Gasteiger partial charge on any atom is -0.494 e. The van der Waals surface area contributed by atoms with Crippen LogP contribution in [0.4, 0.5) is 14.5 Å². The van der Waals surface area contributed by atoms with Crippen molar-refractivity contribution in [2.45, 2.75) is 32.2 Å². The number of anilines is 1. The number of likely N-dealkylation sites (tertiary alicyclic amines) is 1. The number of methoxy groups -OCH3 is 1. The molecule has 0 aliphatic carbocycles. The average Bonchev–Trinajstić information content (AvgIpc) is 3.69. The SMILES string of the molecule is COc1cnc(C(=O)N2CCC(C(c3ccccc3)c3nnn(C(F)F)n3)CC2)cc1-c1nc2cc(NC(C)=O)ccc2o1. The van der Waals surface area contributed by atoms with Crippen molar-refractivity contribution in [3.63, 3.8) is 0 Å². The van der Waals surface area contributed by atoms with Crippen LogP contribution in [-0.2, 0) is 4.79 Å². The number of hydrogen-bond acceptors (Lipinski definition) is 9. The van der Waals surface area contributed by atoms with Gasteiger partial charge in [0.05, 0.1) is 24.8 Å². The third-order valence-electron chi connectivity index (χ3n) is 7.60. The fourth-order valence-corrected chi connectivity index (χ4v) is 5.55. The number of carbonyl (C=O) groups excluding carboxylic acids is 2. The Morgan fingerprint density at radius 2 is 1.86 bits per heavy atom. The molecule has 1 unspecified atom stereocenters. The molecule has 1 atom stereocenters. The van der Waals surface area contributed by atoms with Gasteiger partial charge in [-0.3, -0.25) is 9.59 Å². The van der Waals surface area contributed by atoms with Gasteiger partial charge in [-0.05, 0) is 53.8 Å². The summed E-state index contributed by atoms with van der Waals surface area (Å²) in [6.07, 6.45) is 2.65. The van der Waals surface area contributed by atoms with Crippen molar-refractivity contribution in [1.82, 2.24) is 35.1 Å². The van der Waals surface area contributed by atoms with Crippen LogP contribution >= 0.6 is 0 Å². The zero-order valence-corrected chi connectivity index (χ0v) is 23.9. The summed E-state index contributed by atoms with van der Waals surface area (Å²) in [4.78, 5) is 36.0. The molecule has 6 rings (SSSR count). The number of oxazole rings is 1. The first-order chi connectivity index (χ1) is 21.3. The summed E-state index contributed by atoms with van der Waals surface area (Å²) < 4.78 is 37.8. The van der Waals surface area contributed by atoms with E-state index in [2.05, 4.69) is 30.7 Å². The molecule has 0 spiro atoms. The maximum atomic E-state index is 13.6. The number of halogens is 2. The standard InChI is InChI=1S/C30H28F2N8O4/c1-17(41)34-20-8-9-24-22(14-20)35-28(44-24)21-15-23(33-16-25(21)43-2)29(42)39-12-10-19(11-13-39)26(18-6-4-3-5-7-18)27-36-38-40(37-27)30(31)32/h3-9,14-16,19,26,30H,10-13H2,1-2H3,(H,34,41). The first-order valence-corrected chi connectivity index (χ1v) is 13.9. The number of amides is 2. The molecule has 12 nitrogen and oxygen atoms in total. The van der Waals surface area contributed by atoms with E-state index in [0.717, 1.165) is 5.56 Å². The molecule has 5 aromatic rings. The number of tetrazole rings is 1. The van der Waals surface area contributed by atoms with E-state index in [0.29, 0.717) is 58.8 Å². The zero-order chi connectivity index (χ0) is 30.8. The normalized spacial score (nSPS) is 14.6. The summed E-state index contributed by atoms with van der Waals surface area (Å²) in [5.74, 6) is 0.0174. The first kappa shape index (κ1) is 28.8. The number of pyridine rings is 1. The second-order valence-corrected chi connectivity index (χ2v) is 10.4. The highest BCUT2D eigenvalue weighted by atomic mass is 19.3. The monoisotopic (exact) mass is 602 g/mol. The van der Waals surface area contributed by atoms with Crippen molar-refractivity contribution >= 4 is 28.6 Å². The first-order valence-electron chi connectivity index (χ1n) is 13.9. The van der Waals surface area contributed by atoms with Gasteiger partial charge in [0.2, 0.25) is 11.8 Å². The lowest BCUT2D eigenvalue weighted by molar-refractivity contribution is -0.114. The van der Waals surface area contributed by atoms with Crippen LogP contribution in [-0.4, -0.2) is 67.1 Å². The number of aromatic nitrogens is 6. The van der Waals surface area contributed by atoms with Crippen LogP contribution in [0.2, 0.25) is 0 Å². The van der Waals surface area contributed by atoms with Crippen LogP contribution in [0, 0.1) is 5.92 Å². The molecule has 2 amide bonds. The molecule has 0 radical (unpaired) electrons. The summed E-state index contributed by atoms with van der Waals surface area (Å²) >= 11 is 0. The molecular weight excluding hydrogens is 574 g/mol. The molecule has 1 aliphatic rings. The van der Waals surface area contributed by atoms with Gasteiger partial charge in [0.15, 0.2) is 11.4 Å². The van der Waals surface area contributed by atoms with E-state index in [1.165, 1.54) is 20.2 Å². The minimum absolute atomic E-state index is 0.00158. The molecule has 3 aromatic heterocycles. The maximum Gasteiger partial charge on any atom is 0.350 e. The van der Waals surface area contributed by atoms with Crippen molar-refractivity contribution in [2.24, 2.45) is 5.92 Å². The maximum absolute atomic E-state index is 13.6. The van der Waals surface area contributed by atoms with Gasteiger partial charge in [-0.25, -0.2) is 9.97 Å². The Hall–Kier alpha value is -5.27. The third kappa shape index (κ3) is 5.82. The van der Waals surface area contributed by atoms with Crippen LogP contribution in [0.1, 0.15) is 54.1 Å². The predicted octanol–water partition coefficient (Wildman–Crippen LogP) is 4.92. The second kappa shape index (κ2) is 12.1. The fraction of sp³-hybridized carbons (Fsp3) is 0.300. The van der Waals surface area contributed by atoms with Gasteiger partial charge in [-0.1, -0.05) is 35.1 Å². The van der Waals surface area contributed by atoms with E-state index in [4.69, 9.17) is 9.15 Å². The van der Waals surface area contributed by atoms with Gasteiger partial charge in [-0.15, -0.1) is 10.2 Å². The summed E-state index contributed by atoms with van der Waals surface area (Å²) in [7, 11) is 1.49. The van der Waals surface area contributed by atoms with Crippen LogP contribution in [0.5, 0.6) is 5.75 Å². The van der Waals surface area contributed by atoms with Gasteiger partial charge in [0.25, 0.3) is 5.91 Å². The Balaban J connectivity index is 1.21. The molecule has 2 aromatic carbocycles. The largest absolute Gasteiger partial charge is 0.494 e. The molecule has 44 heavy (non-hydrogen) atoms. The van der Waals surface area contributed by atoms with Crippen molar-refractivity contribution in [2.75, 3.05) is 25.5 Å². The van der Waals surface area contributed by atoms with Gasteiger partial charge >= 0.3 is 6.55 Å². The highest BCUT2D eigenvalue weighted by Gasteiger charge is 2.34. The smallest absolute Gasteiger partial charge is 0.350 e. The number of rotatable bonds is 8. The van der Waals surface area contributed by atoms with E-state index in [-0.39, 0.29) is 41.1 Å². The summed E-state index contributed by atoms with van der Waals surface area (Å²) in [6, 6.07) is 16.2. The third-order valence-corrected chi connectivity index (χ3v) is 7.60. The number of ether oxygens (including phenoxy) is 1. The predicted molar refractivity (Wildman–Crippen MR) is 154 cm³/mol. The van der Waals surface area contributed by atoms with Crippen LogP contribution in [0.15, 0.2) is 65.2 Å². The Morgan fingerprint density at radius 1 is 1.09 bits per heavy atom. The number of fused-ring (bicyclic) bond motifs is 1. The highest BCUT2D eigenvalue weighted by Crippen LogP contribution is 2.37. The van der Waals surface area contributed by atoms with Crippen LogP contribution in [0.3, 0.4) is 0 Å². The Kier molecular flexibility index (Phi) is 7.96. The number of piperidine rings is 1. The molecule has 4 heterocycles. The number of carbonyl (C=O) groups is 2. The molecule has 1 aliphatic heterocycles. The number of alkyl halides is 2. The number of hydrogen-bond donors (Lipinski definition) is 1. The molecule has 0 saturated carbocycles. The lowest BCUT2D eigenvalue weighted by Gasteiger charge is -2.35. The van der Waals surface area contributed by atoms with E-state index >= 15 is 0 Å². The molecule has 1 fully saturated rings. The molecule has 0 bridgehead atoms. The van der Waals surface area contributed by atoms with Crippen molar-refractivity contribution in [3.8, 4) is 17.2 Å². The lowest BCUT2D eigenvalue weighted by Crippen LogP contribution is -2.40. The van der Waals surface area contributed by atoms with E-state index in [1.807, 2.05) is 30.3 Å². The molecular formula is C30H28F2N8O4. The van der Waals surface area contributed by atoms with Crippen molar-refractivity contribution < 1.29 is 27.5 Å². The quantitative estimate of drug-likeness (QED) is 0.262. The van der Waals surface area contributed by atoms with Gasteiger partial charge in [0, 0.05) is 25.7 Å². The van der Waals surface area contributed by atoms with Crippen molar-refractivity contribution in [3.05, 3.63) is 77.9 Å². The number of nitrogens with one attached hydrogen (secondary N) is 1. The minimum atomic E-state index is -2.88. The Morgan fingerprint density at radius 3 is 2.55 bits per heavy atom. The lowest BCUT2D eigenvalue weighted by atomic mass is 9.79. The summed E-state index contributed by atoms with van der Waals surface area (Å²) in [5, 5.41) is 14.2. The van der Waals surface area contributed by atoms with E-state index in [1.54, 1.807) is 29.2 Å². The zero-order valence-electron chi connectivity index (χ0n) is 23.9. The van der Waals surface area contributed by atoms with Crippen LogP contribution < -0.4 is 10.1 Å². The molecule has 226 valence electrons. The molecule has 1 N–H and O–H groups in total. The second-order valence-electron chi connectivity index (χ2n) is 10.4. The topological polar surface area (TPSA) is 141 Å². The van der Waals surface area contributed by atoms with E-state index in [9.17, 15) is 18.4 Å². The van der Waals surface area contributed by atoms with Gasteiger partial charge in [-0.2, -0.15) is 8.78 Å². The van der Waals surface area contributed by atoms with Crippen LogP contribution in [0.25, 0.3) is 22.6 Å². The van der Waals surface area contributed by atoms with Gasteiger partial charge in [0.1, 0.15) is 17.0 Å². The Bertz CT molecular complexity index is 1800. The van der Waals surface area contributed by atoms with Crippen molar-refractivity contribution in [1.29, 1.82) is 0 Å². The highest BCUT2D eigenvalue weighted by molar-refractivity contribution is 5.94. The number of nitrogens with zero attached hydrogens (tertiary/aromatic N) is 7. The summed E-state index contributed by atoms with van der Waals surface area (Å²) in [6.45, 7) is -0.616. The average molecular weight is 603 g/mol. The molecule has 1 saturated heterocycles. The fourth-order valence-electron chi connectivity index (χ4n) is 5.55. The molecule has 14 heteroatoms. The Labute approximate surface area is 250 Å². The van der Waals surface area contributed by atoms with E-state index < -0.39 is 6.55 Å².